The van der Waals surface area contributed by atoms with Crippen molar-refractivity contribution in [2.45, 2.75) is 70.6 Å². The Balaban J connectivity index is 1.04. The van der Waals surface area contributed by atoms with Crippen LogP contribution >= 0.6 is 0 Å². The van der Waals surface area contributed by atoms with Crippen molar-refractivity contribution in [3.05, 3.63) is 48.5 Å². The Bertz CT molecular complexity index is 1450. The average Bonchev–Trinajstić information content (AvgIpc) is 3.53. The molecular weight excluding hydrogens is 566 g/mol. The highest BCUT2D eigenvalue weighted by atomic mass is 16.5. The minimum absolute atomic E-state index is 0.281. The van der Waals surface area contributed by atoms with Gasteiger partial charge in [-0.3, -0.25) is 0 Å². The lowest BCUT2D eigenvalue weighted by Crippen LogP contribution is -2.47. The molecular formula is C34H45N9O2. The van der Waals surface area contributed by atoms with Crippen LogP contribution in [0.1, 0.15) is 46.5 Å². The van der Waals surface area contributed by atoms with E-state index in [0.717, 1.165) is 81.6 Å². The Morgan fingerprint density at radius 3 is 1.89 bits per heavy atom. The number of carbonyl (C=O) groups is 1. The standard InChI is InChI=1S/C34H45N9O2/c1-4-40-17-19-41(20-18-40)28-13-11-27(12-14-28)36-34(44)35-26-9-7-25(8-10-26)31-37-32(42-23(2)5-6-24(42)3)39-33(38-31)43-29-15-16-30(43)22-45-21-29/h7-14,23-24,29-30H,4-6,15-22H2,1-3H3,(H2,35,36,44). The molecule has 11 nitrogen and oxygen atoms in total. The maximum Gasteiger partial charge on any atom is 0.323 e. The van der Waals surface area contributed by atoms with Gasteiger partial charge in [-0.2, -0.15) is 15.0 Å². The largest absolute Gasteiger partial charge is 0.377 e. The van der Waals surface area contributed by atoms with Crippen molar-refractivity contribution in [3.63, 3.8) is 0 Å². The number of hydrogen-bond donors (Lipinski definition) is 2. The Kier molecular flexibility index (Phi) is 8.46. The number of hydrogen-bond acceptors (Lipinski definition) is 9. The molecule has 2 aromatic carbocycles. The van der Waals surface area contributed by atoms with E-state index in [0.29, 0.717) is 48.9 Å². The molecule has 3 aromatic rings. The number of fused-ring (bicyclic) bond motifs is 2. The lowest BCUT2D eigenvalue weighted by Gasteiger charge is -2.35. The van der Waals surface area contributed by atoms with Gasteiger partial charge < -0.3 is 35.0 Å². The second-order valence-corrected chi connectivity index (χ2v) is 12.9. The molecule has 5 heterocycles. The van der Waals surface area contributed by atoms with Gasteiger partial charge in [-0.1, -0.05) is 6.92 Å². The topological polar surface area (TPSA) is 102 Å². The second-order valence-electron chi connectivity index (χ2n) is 12.9. The summed E-state index contributed by atoms with van der Waals surface area (Å²) in [7, 11) is 0. The van der Waals surface area contributed by atoms with E-state index in [1.54, 1.807) is 0 Å². The predicted molar refractivity (Wildman–Crippen MR) is 179 cm³/mol. The van der Waals surface area contributed by atoms with Gasteiger partial charge in [0.05, 0.1) is 25.3 Å². The fraction of sp³-hybridized carbons (Fsp3) is 0.529. The summed E-state index contributed by atoms with van der Waals surface area (Å²) in [5.74, 6) is 2.14. The molecule has 2 amide bonds. The van der Waals surface area contributed by atoms with E-state index in [2.05, 4.69) is 63.1 Å². The zero-order valence-corrected chi connectivity index (χ0v) is 26.7. The smallest absolute Gasteiger partial charge is 0.323 e. The highest BCUT2D eigenvalue weighted by molar-refractivity contribution is 6.00. The molecule has 0 radical (unpaired) electrons. The van der Waals surface area contributed by atoms with Crippen molar-refractivity contribution < 1.29 is 9.53 Å². The molecule has 7 rings (SSSR count). The highest BCUT2D eigenvalue weighted by Gasteiger charge is 2.40. The maximum absolute atomic E-state index is 12.8. The predicted octanol–water partition coefficient (Wildman–Crippen LogP) is 5.07. The lowest BCUT2D eigenvalue weighted by atomic mass is 10.2. The molecule has 2 N–H and O–H groups in total. The van der Waals surface area contributed by atoms with Crippen molar-refractivity contribution in [1.82, 2.24) is 19.9 Å². The van der Waals surface area contributed by atoms with Crippen LogP contribution in [0.25, 0.3) is 11.4 Å². The molecule has 11 heteroatoms. The third-order valence-corrected chi connectivity index (χ3v) is 9.98. The third-order valence-electron chi connectivity index (χ3n) is 9.98. The minimum Gasteiger partial charge on any atom is -0.377 e. The number of piperazine rings is 1. The Hall–Kier alpha value is -3.96. The summed E-state index contributed by atoms with van der Waals surface area (Å²) in [6.07, 6.45) is 4.45. The van der Waals surface area contributed by atoms with Gasteiger partial charge in [-0.15, -0.1) is 0 Å². The summed E-state index contributed by atoms with van der Waals surface area (Å²) < 4.78 is 5.84. The molecule has 4 saturated heterocycles. The number of carbonyl (C=O) groups excluding carboxylic acids is 1. The maximum atomic E-state index is 12.8. The van der Waals surface area contributed by atoms with Crippen LogP contribution in [0.4, 0.5) is 33.8 Å². The number of ether oxygens (including phenoxy) is 1. The number of amides is 2. The van der Waals surface area contributed by atoms with Gasteiger partial charge in [0.1, 0.15) is 0 Å². The monoisotopic (exact) mass is 611 g/mol. The zero-order valence-electron chi connectivity index (χ0n) is 26.7. The van der Waals surface area contributed by atoms with Crippen LogP contribution in [-0.4, -0.2) is 96.0 Å². The summed E-state index contributed by atoms with van der Waals surface area (Å²) in [6.45, 7) is 13.4. The number of nitrogens with zero attached hydrogens (tertiary/aromatic N) is 7. The summed E-state index contributed by atoms with van der Waals surface area (Å²) in [4.78, 5) is 37.4. The van der Waals surface area contributed by atoms with E-state index in [1.807, 2.05) is 36.4 Å². The fourth-order valence-corrected chi connectivity index (χ4v) is 7.33. The van der Waals surface area contributed by atoms with Crippen LogP contribution < -0.4 is 25.3 Å². The second kappa shape index (κ2) is 12.8. The van der Waals surface area contributed by atoms with E-state index < -0.39 is 0 Å². The van der Waals surface area contributed by atoms with E-state index in [1.165, 1.54) is 5.69 Å². The first kappa shape index (κ1) is 29.7. The van der Waals surface area contributed by atoms with Crippen LogP contribution in [0.3, 0.4) is 0 Å². The summed E-state index contributed by atoms with van der Waals surface area (Å²) in [5.41, 5.74) is 3.53. The summed E-state index contributed by atoms with van der Waals surface area (Å²) in [5, 5.41) is 5.92. The van der Waals surface area contributed by atoms with Crippen LogP contribution in [0.2, 0.25) is 0 Å². The van der Waals surface area contributed by atoms with Gasteiger partial charge in [-0.25, -0.2) is 4.79 Å². The van der Waals surface area contributed by atoms with Crippen molar-refractivity contribution in [1.29, 1.82) is 0 Å². The molecule has 1 aromatic heterocycles. The minimum atomic E-state index is -0.281. The van der Waals surface area contributed by atoms with Crippen LogP contribution in [0, 0.1) is 0 Å². The van der Waals surface area contributed by atoms with E-state index >= 15 is 0 Å². The molecule has 4 unspecified atom stereocenters. The number of urea groups is 1. The number of rotatable bonds is 7. The van der Waals surface area contributed by atoms with Crippen LogP contribution in [-0.2, 0) is 4.74 Å². The Labute approximate surface area is 266 Å². The van der Waals surface area contributed by atoms with E-state index in [4.69, 9.17) is 19.7 Å². The molecule has 2 bridgehead atoms. The molecule has 0 saturated carbocycles. The molecule has 45 heavy (non-hydrogen) atoms. The van der Waals surface area contributed by atoms with Crippen LogP contribution in [0.5, 0.6) is 0 Å². The number of anilines is 5. The number of benzene rings is 2. The lowest BCUT2D eigenvalue weighted by molar-refractivity contribution is 0.0897. The first-order valence-corrected chi connectivity index (χ1v) is 16.6. The van der Waals surface area contributed by atoms with Crippen molar-refractivity contribution in [2.75, 3.05) is 71.3 Å². The third kappa shape index (κ3) is 6.28. The van der Waals surface area contributed by atoms with E-state index in [-0.39, 0.29) is 6.03 Å². The molecule has 0 aliphatic carbocycles. The Morgan fingerprint density at radius 1 is 0.756 bits per heavy atom. The molecule has 4 aliphatic rings. The molecule has 0 spiro atoms. The molecule has 4 aliphatic heterocycles. The number of aromatic nitrogens is 3. The fourth-order valence-electron chi connectivity index (χ4n) is 7.33. The van der Waals surface area contributed by atoms with Crippen molar-refractivity contribution in [2.24, 2.45) is 0 Å². The highest BCUT2D eigenvalue weighted by Crippen LogP contribution is 2.35. The molecule has 4 fully saturated rings. The first-order chi connectivity index (χ1) is 21.9. The van der Waals surface area contributed by atoms with Gasteiger partial charge >= 0.3 is 6.03 Å². The Morgan fingerprint density at radius 2 is 1.31 bits per heavy atom. The zero-order chi connectivity index (χ0) is 30.9. The number of likely N-dealkylation sites (N-methyl/N-ethyl adjacent to an activating group) is 1. The van der Waals surface area contributed by atoms with Crippen molar-refractivity contribution in [3.8, 4) is 11.4 Å². The first-order valence-electron chi connectivity index (χ1n) is 16.6. The molecule has 238 valence electrons. The quantitative estimate of drug-likeness (QED) is 0.379. The molecule has 4 atom stereocenters. The average molecular weight is 612 g/mol. The number of nitrogens with one attached hydrogen (secondary N) is 2. The van der Waals surface area contributed by atoms with Gasteiger partial charge in [0.25, 0.3) is 0 Å². The van der Waals surface area contributed by atoms with Gasteiger partial charge in [0.2, 0.25) is 11.9 Å². The summed E-state index contributed by atoms with van der Waals surface area (Å²) in [6, 6.07) is 16.9. The summed E-state index contributed by atoms with van der Waals surface area (Å²) >= 11 is 0. The van der Waals surface area contributed by atoms with Gasteiger partial charge in [0, 0.05) is 60.9 Å². The van der Waals surface area contributed by atoms with Crippen molar-refractivity contribution >= 4 is 35.0 Å². The normalized spacial score (nSPS) is 25.1. The number of morpholine rings is 1. The SMILES string of the molecule is CCN1CCN(c2ccc(NC(=O)Nc3ccc(-c4nc(N5C(C)CCC5C)nc(N5C6CCC5COC6)n4)cc3)cc2)CC1. The van der Waals surface area contributed by atoms with E-state index in [9.17, 15) is 4.79 Å². The van der Waals surface area contributed by atoms with Gasteiger partial charge in [0.15, 0.2) is 5.82 Å². The van der Waals surface area contributed by atoms with Crippen LogP contribution in [0.15, 0.2) is 48.5 Å². The van der Waals surface area contributed by atoms with Gasteiger partial charge in [-0.05, 0) is 94.6 Å².